The molecule has 0 amide bonds. The topological polar surface area (TPSA) is 76.0 Å². The second kappa shape index (κ2) is 11.9. The summed E-state index contributed by atoms with van der Waals surface area (Å²) >= 11 is 0. The summed E-state index contributed by atoms with van der Waals surface area (Å²) in [4.78, 5) is 11.5. The SMILES string of the molecule is C=C(CO)C(=O)OCOc1ccc(-c2ccc(O)cc2)c(CCCCCCC)c1. The number of rotatable bonds is 12. The van der Waals surface area contributed by atoms with Crippen LogP contribution in [0.5, 0.6) is 11.5 Å². The van der Waals surface area contributed by atoms with Crippen molar-refractivity contribution >= 4 is 5.97 Å². The highest BCUT2D eigenvalue weighted by Crippen LogP contribution is 2.30. The molecule has 5 heteroatoms. The summed E-state index contributed by atoms with van der Waals surface area (Å²) < 4.78 is 10.5. The van der Waals surface area contributed by atoms with Crippen molar-refractivity contribution in [3.8, 4) is 22.6 Å². The Labute approximate surface area is 172 Å². The molecule has 29 heavy (non-hydrogen) atoms. The van der Waals surface area contributed by atoms with Crippen LogP contribution in [0.1, 0.15) is 44.6 Å². The molecule has 2 aromatic rings. The molecule has 0 heterocycles. The van der Waals surface area contributed by atoms with E-state index in [1.54, 1.807) is 12.1 Å². The highest BCUT2D eigenvalue weighted by Gasteiger charge is 2.10. The van der Waals surface area contributed by atoms with Gasteiger partial charge in [-0.25, -0.2) is 4.79 Å². The minimum atomic E-state index is -0.677. The van der Waals surface area contributed by atoms with Gasteiger partial charge >= 0.3 is 5.97 Å². The molecule has 0 unspecified atom stereocenters. The number of aromatic hydroxyl groups is 1. The van der Waals surface area contributed by atoms with Gasteiger partial charge in [0.1, 0.15) is 11.5 Å². The van der Waals surface area contributed by atoms with Gasteiger partial charge < -0.3 is 19.7 Å². The number of unbranched alkanes of at least 4 members (excludes halogenated alkanes) is 4. The molecule has 5 nitrogen and oxygen atoms in total. The molecule has 0 aromatic heterocycles. The van der Waals surface area contributed by atoms with Crippen molar-refractivity contribution in [2.24, 2.45) is 0 Å². The number of esters is 1. The molecule has 0 saturated heterocycles. The van der Waals surface area contributed by atoms with Crippen LogP contribution in [0.3, 0.4) is 0 Å². The smallest absolute Gasteiger partial charge is 0.338 e. The molecule has 0 fully saturated rings. The summed E-state index contributed by atoms with van der Waals surface area (Å²) in [5.41, 5.74) is 3.27. The molecule has 0 aliphatic heterocycles. The van der Waals surface area contributed by atoms with E-state index in [1.807, 2.05) is 30.3 Å². The number of phenols is 1. The molecule has 2 rings (SSSR count). The predicted octanol–water partition coefficient (Wildman–Crippen LogP) is 5.00. The van der Waals surface area contributed by atoms with Crippen molar-refractivity contribution < 1.29 is 24.5 Å². The molecule has 0 saturated carbocycles. The van der Waals surface area contributed by atoms with Crippen molar-refractivity contribution in [2.45, 2.75) is 45.4 Å². The van der Waals surface area contributed by atoms with E-state index in [2.05, 4.69) is 13.5 Å². The van der Waals surface area contributed by atoms with Crippen LogP contribution in [-0.2, 0) is 16.0 Å². The van der Waals surface area contributed by atoms with Crippen molar-refractivity contribution in [2.75, 3.05) is 13.4 Å². The minimum Gasteiger partial charge on any atom is -0.508 e. The van der Waals surface area contributed by atoms with Gasteiger partial charge in [0.15, 0.2) is 0 Å². The third kappa shape index (κ3) is 7.27. The van der Waals surface area contributed by atoms with Gasteiger partial charge in [-0.3, -0.25) is 0 Å². The molecule has 156 valence electrons. The van der Waals surface area contributed by atoms with E-state index in [-0.39, 0.29) is 18.1 Å². The number of aliphatic hydroxyl groups is 1. The number of carbonyl (C=O) groups excluding carboxylic acids is 1. The zero-order valence-electron chi connectivity index (χ0n) is 17.0. The Bertz CT molecular complexity index is 795. The maximum atomic E-state index is 11.5. The van der Waals surface area contributed by atoms with Crippen molar-refractivity contribution in [1.82, 2.24) is 0 Å². The number of ether oxygens (including phenoxy) is 2. The third-order valence-electron chi connectivity index (χ3n) is 4.70. The zero-order chi connectivity index (χ0) is 21.1. The number of carbonyl (C=O) groups is 1. The number of hydrogen-bond acceptors (Lipinski definition) is 5. The minimum absolute atomic E-state index is 0.0101. The van der Waals surface area contributed by atoms with Gasteiger partial charge in [0, 0.05) is 0 Å². The first-order valence-electron chi connectivity index (χ1n) is 10.1. The summed E-state index contributed by atoms with van der Waals surface area (Å²) in [7, 11) is 0. The first-order valence-corrected chi connectivity index (χ1v) is 10.1. The molecule has 0 bridgehead atoms. The molecule has 0 atom stereocenters. The van der Waals surface area contributed by atoms with Crippen LogP contribution in [0.15, 0.2) is 54.6 Å². The summed E-state index contributed by atoms with van der Waals surface area (Å²) in [5, 5.41) is 18.4. The van der Waals surface area contributed by atoms with Crippen LogP contribution in [0.25, 0.3) is 11.1 Å². The third-order valence-corrected chi connectivity index (χ3v) is 4.70. The highest BCUT2D eigenvalue weighted by molar-refractivity contribution is 5.87. The number of aliphatic hydroxyl groups excluding tert-OH is 1. The van der Waals surface area contributed by atoms with Crippen molar-refractivity contribution in [3.05, 3.63) is 60.2 Å². The normalized spacial score (nSPS) is 10.6. The lowest BCUT2D eigenvalue weighted by molar-refractivity contribution is -0.145. The Kier molecular flexibility index (Phi) is 9.25. The van der Waals surface area contributed by atoms with Crippen LogP contribution in [0.2, 0.25) is 0 Å². The van der Waals surface area contributed by atoms with Gasteiger partial charge in [0.25, 0.3) is 0 Å². The molecule has 2 aromatic carbocycles. The first-order chi connectivity index (χ1) is 14.0. The largest absolute Gasteiger partial charge is 0.508 e. The number of benzene rings is 2. The number of aryl methyl sites for hydroxylation is 1. The van der Waals surface area contributed by atoms with Gasteiger partial charge in [0.05, 0.1) is 12.2 Å². The Balaban J connectivity index is 2.09. The molecular weight excluding hydrogens is 368 g/mol. The van der Waals surface area contributed by atoms with E-state index in [9.17, 15) is 9.90 Å². The van der Waals surface area contributed by atoms with Gasteiger partial charge in [-0.15, -0.1) is 0 Å². The molecule has 2 N–H and O–H groups in total. The predicted molar refractivity (Wildman–Crippen MR) is 114 cm³/mol. The van der Waals surface area contributed by atoms with E-state index in [0.717, 1.165) is 29.5 Å². The molecule has 0 radical (unpaired) electrons. The Morgan fingerprint density at radius 3 is 2.45 bits per heavy atom. The van der Waals surface area contributed by atoms with E-state index in [4.69, 9.17) is 14.6 Å². The first kappa shape index (κ1) is 22.5. The fourth-order valence-electron chi connectivity index (χ4n) is 3.03. The molecular formula is C24H30O5. The molecule has 0 spiro atoms. The lowest BCUT2D eigenvalue weighted by Crippen LogP contribution is -2.14. The second-order valence-electron chi connectivity index (χ2n) is 6.99. The summed E-state index contributed by atoms with van der Waals surface area (Å²) in [5.74, 6) is 0.170. The van der Waals surface area contributed by atoms with Gasteiger partial charge in [-0.1, -0.05) is 57.4 Å². The van der Waals surface area contributed by atoms with Gasteiger partial charge in [0.2, 0.25) is 6.79 Å². The summed E-state index contributed by atoms with van der Waals surface area (Å²) in [6.07, 6.45) is 6.86. The quantitative estimate of drug-likeness (QED) is 0.228. The van der Waals surface area contributed by atoms with Crippen LogP contribution >= 0.6 is 0 Å². The average molecular weight is 398 g/mol. The average Bonchev–Trinajstić information content (AvgIpc) is 2.74. The van der Waals surface area contributed by atoms with Crippen LogP contribution in [0, 0.1) is 0 Å². The van der Waals surface area contributed by atoms with Crippen molar-refractivity contribution in [3.63, 3.8) is 0 Å². The number of hydrogen-bond donors (Lipinski definition) is 2. The Morgan fingerprint density at radius 1 is 1.03 bits per heavy atom. The maximum Gasteiger partial charge on any atom is 0.338 e. The monoisotopic (exact) mass is 398 g/mol. The van der Waals surface area contributed by atoms with E-state index in [0.29, 0.717) is 5.75 Å². The lowest BCUT2D eigenvalue weighted by atomic mass is 9.95. The standard InChI is InChI=1S/C24H30O5/c1-3-4-5-6-7-8-20-15-22(28-17-29-24(27)18(2)16-25)13-14-23(20)19-9-11-21(26)12-10-19/h9-15,25-26H,2-8,16-17H2,1H3. The second-order valence-corrected chi connectivity index (χ2v) is 6.99. The Hall–Kier alpha value is -2.79. The highest BCUT2D eigenvalue weighted by atomic mass is 16.7. The molecule has 0 aliphatic rings. The van der Waals surface area contributed by atoms with E-state index >= 15 is 0 Å². The van der Waals surface area contributed by atoms with Crippen molar-refractivity contribution in [1.29, 1.82) is 0 Å². The fraction of sp³-hybridized carbons (Fsp3) is 0.375. The summed E-state index contributed by atoms with van der Waals surface area (Å²) in [6.45, 7) is 4.94. The Morgan fingerprint density at radius 2 is 1.76 bits per heavy atom. The van der Waals surface area contributed by atoms with Crippen LogP contribution in [0.4, 0.5) is 0 Å². The van der Waals surface area contributed by atoms with Gasteiger partial charge in [-0.2, -0.15) is 0 Å². The van der Waals surface area contributed by atoms with Gasteiger partial charge in [-0.05, 0) is 53.8 Å². The van der Waals surface area contributed by atoms with Crippen LogP contribution in [-0.4, -0.2) is 29.6 Å². The van der Waals surface area contributed by atoms with Crippen LogP contribution < -0.4 is 4.74 Å². The maximum absolute atomic E-state index is 11.5. The van der Waals surface area contributed by atoms with E-state index in [1.165, 1.54) is 25.7 Å². The lowest BCUT2D eigenvalue weighted by Gasteiger charge is -2.14. The fourth-order valence-corrected chi connectivity index (χ4v) is 3.03. The zero-order valence-corrected chi connectivity index (χ0v) is 17.0. The summed E-state index contributed by atoms with van der Waals surface area (Å²) in [6, 6.07) is 12.9. The number of phenolic OH excluding ortho intramolecular Hbond substituents is 1. The van der Waals surface area contributed by atoms with E-state index < -0.39 is 12.6 Å². The molecule has 0 aliphatic carbocycles.